The first-order valence-electron chi connectivity index (χ1n) is 3.81. The largest absolute Gasteiger partial charge is 0.475 e. The number of aromatic carboxylic acids is 1. The van der Waals surface area contributed by atoms with Crippen molar-refractivity contribution in [2.45, 2.75) is 26.3 Å². The molecule has 0 spiro atoms. The number of rotatable bonds is 1. The molecule has 0 unspecified atom stereocenters. The molecule has 1 N–H and O–H groups in total. The number of nitrogens with zero attached hydrogens (tertiary/aromatic N) is 2. The number of imidazole rings is 1. The summed E-state index contributed by atoms with van der Waals surface area (Å²) in [6.07, 6.45) is 1.49. The highest BCUT2D eigenvalue weighted by molar-refractivity contribution is 9.10. The molecule has 0 amide bonds. The lowest BCUT2D eigenvalue weighted by atomic mass is 10.1. The molecule has 1 rings (SSSR count). The Bertz CT molecular complexity index is 338. The molecule has 0 aromatic carbocycles. The number of hydrogen-bond acceptors (Lipinski definition) is 2. The van der Waals surface area contributed by atoms with Gasteiger partial charge in [-0.2, -0.15) is 0 Å². The third-order valence-corrected chi connectivity index (χ3v) is 2.14. The van der Waals surface area contributed by atoms with Crippen molar-refractivity contribution in [3.63, 3.8) is 0 Å². The maximum atomic E-state index is 10.8. The summed E-state index contributed by atoms with van der Waals surface area (Å²) in [5.41, 5.74) is -0.289. The molecule has 0 aliphatic heterocycles. The van der Waals surface area contributed by atoms with E-state index in [9.17, 15) is 4.79 Å². The van der Waals surface area contributed by atoms with E-state index in [1.165, 1.54) is 6.20 Å². The van der Waals surface area contributed by atoms with E-state index >= 15 is 0 Å². The second kappa shape index (κ2) is 3.14. The lowest BCUT2D eigenvalue weighted by Gasteiger charge is -2.23. The first kappa shape index (κ1) is 10.2. The van der Waals surface area contributed by atoms with E-state index < -0.39 is 5.97 Å². The Hall–Kier alpha value is -0.840. The van der Waals surface area contributed by atoms with Crippen molar-refractivity contribution in [2.75, 3.05) is 0 Å². The molecule has 0 atom stereocenters. The fraction of sp³-hybridized carbons (Fsp3) is 0.500. The predicted molar refractivity (Wildman–Crippen MR) is 51.9 cm³/mol. The van der Waals surface area contributed by atoms with Gasteiger partial charge in [0.15, 0.2) is 0 Å². The number of carboxylic acid groups (broad SMARTS) is 1. The monoisotopic (exact) mass is 246 g/mol. The molecule has 1 aromatic heterocycles. The molecule has 0 aliphatic carbocycles. The molecule has 72 valence electrons. The molecule has 0 saturated heterocycles. The SMILES string of the molecule is CC(C)(C)n1c(Br)cnc1C(=O)O. The van der Waals surface area contributed by atoms with E-state index in [2.05, 4.69) is 20.9 Å². The van der Waals surface area contributed by atoms with Crippen LogP contribution in [0.15, 0.2) is 10.8 Å². The van der Waals surface area contributed by atoms with E-state index in [1.807, 2.05) is 20.8 Å². The Morgan fingerprint density at radius 3 is 2.46 bits per heavy atom. The van der Waals surface area contributed by atoms with Crippen LogP contribution in [0, 0.1) is 0 Å². The average Bonchev–Trinajstić information content (AvgIpc) is 2.28. The predicted octanol–water partition coefficient (Wildman–Crippen LogP) is 2.10. The van der Waals surface area contributed by atoms with Crippen molar-refractivity contribution in [3.05, 3.63) is 16.6 Å². The number of hydrogen-bond donors (Lipinski definition) is 1. The van der Waals surface area contributed by atoms with Crippen LogP contribution in [-0.2, 0) is 5.54 Å². The summed E-state index contributed by atoms with van der Waals surface area (Å²) in [5, 5.41) is 8.84. The fourth-order valence-corrected chi connectivity index (χ4v) is 1.92. The Balaban J connectivity index is 3.33. The first-order valence-corrected chi connectivity index (χ1v) is 4.60. The van der Waals surface area contributed by atoms with Crippen LogP contribution in [0.3, 0.4) is 0 Å². The molecule has 0 aliphatic rings. The molecule has 1 heterocycles. The topological polar surface area (TPSA) is 55.1 Å². The van der Waals surface area contributed by atoms with E-state index in [0.29, 0.717) is 4.60 Å². The average molecular weight is 247 g/mol. The highest BCUT2D eigenvalue weighted by Crippen LogP contribution is 2.23. The molecule has 1 aromatic rings. The smallest absolute Gasteiger partial charge is 0.372 e. The van der Waals surface area contributed by atoms with Crippen molar-refractivity contribution in [1.29, 1.82) is 0 Å². The van der Waals surface area contributed by atoms with Gasteiger partial charge in [-0.3, -0.25) is 0 Å². The quantitative estimate of drug-likeness (QED) is 0.826. The van der Waals surface area contributed by atoms with Crippen molar-refractivity contribution in [2.24, 2.45) is 0 Å². The van der Waals surface area contributed by atoms with Gasteiger partial charge in [-0.25, -0.2) is 9.78 Å². The molecular weight excluding hydrogens is 236 g/mol. The number of halogens is 1. The normalized spacial score (nSPS) is 11.7. The van der Waals surface area contributed by atoms with Crippen LogP contribution in [0.5, 0.6) is 0 Å². The van der Waals surface area contributed by atoms with Crippen molar-refractivity contribution < 1.29 is 9.90 Å². The van der Waals surface area contributed by atoms with Crippen LogP contribution in [0.2, 0.25) is 0 Å². The third kappa shape index (κ3) is 1.91. The summed E-state index contributed by atoms with van der Waals surface area (Å²) in [5.74, 6) is -0.958. The summed E-state index contributed by atoms with van der Waals surface area (Å²) >= 11 is 3.26. The Kier molecular flexibility index (Phi) is 2.47. The van der Waals surface area contributed by atoms with Crippen molar-refractivity contribution in [3.8, 4) is 0 Å². The van der Waals surface area contributed by atoms with Gasteiger partial charge >= 0.3 is 5.97 Å². The van der Waals surface area contributed by atoms with Crippen LogP contribution in [0.25, 0.3) is 0 Å². The van der Waals surface area contributed by atoms with E-state index in [0.717, 1.165) is 0 Å². The summed E-state index contributed by atoms with van der Waals surface area (Å²) in [6, 6.07) is 0. The molecule has 0 fully saturated rings. The molecule has 0 radical (unpaired) electrons. The van der Waals surface area contributed by atoms with Crippen LogP contribution in [-0.4, -0.2) is 20.6 Å². The Morgan fingerprint density at radius 2 is 2.15 bits per heavy atom. The standard InChI is InChI=1S/C8H11BrN2O2/c1-8(2,3)11-5(9)4-10-6(11)7(12)13/h4H,1-3H3,(H,12,13). The van der Waals surface area contributed by atoms with Gasteiger partial charge in [0.25, 0.3) is 0 Å². The highest BCUT2D eigenvalue weighted by atomic mass is 79.9. The van der Waals surface area contributed by atoms with Gasteiger partial charge in [0, 0.05) is 5.54 Å². The van der Waals surface area contributed by atoms with Gasteiger partial charge in [0.2, 0.25) is 5.82 Å². The van der Waals surface area contributed by atoms with Crippen LogP contribution < -0.4 is 0 Å². The van der Waals surface area contributed by atoms with E-state index in [4.69, 9.17) is 5.11 Å². The zero-order valence-corrected chi connectivity index (χ0v) is 9.29. The van der Waals surface area contributed by atoms with Gasteiger partial charge in [0.1, 0.15) is 4.60 Å². The first-order chi connectivity index (χ1) is 5.84. The minimum atomic E-state index is -1.01. The summed E-state index contributed by atoms with van der Waals surface area (Å²) in [7, 11) is 0. The third-order valence-electron chi connectivity index (χ3n) is 1.58. The zero-order chi connectivity index (χ0) is 10.2. The highest BCUT2D eigenvalue weighted by Gasteiger charge is 2.23. The fourth-order valence-electron chi connectivity index (χ4n) is 1.12. The van der Waals surface area contributed by atoms with E-state index in [1.54, 1.807) is 4.57 Å². The van der Waals surface area contributed by atoms with Gasteiger partial charge in [-0.15, -0.1) is 0 Å². The molecular formula is C8H11BrN2O2. The van der Waals surface area contributed by atoms with E-state index in [-0.39, 0.29) is 11.4 Å². The van der Waals surface area contributed by atoms with Gasteiger partial charge in [-0.05, 0) is 36.7 Å². The minimum Gasteiger partial charge on any atom is -0.475 e. The summed E-state index contributed by atoms with van der Waals surface area (Å²) < 4.78 is 2.31. The second-order valence-electron chi connectivity index (χ2n) is 3.72. The molecule has 5 heteroatoms. The second-order valence-corrected chi connectivity index (χ2v) is 4.53. The van der Waals surface area contributed by atoms with Crippen LogP contribution in [0.1, 0.15) is 31.4 Å². The van der Waals surface area contributed by atoms with Gasteiger partial charge < -0.3 is 9.67 Å². The Morgan fingerprint density at radius 1 is 1.62 bits per heavy atom. The maximum Gasteiger partial charge on any atom is 0.372 e. The van der Waals surface area contributed by atoms with Crippen LogP contribution >= 0.6 is 15.9 Å². The van der Waals surface area contributed by atoms with Gasteiger partial charge in [0.05, 0.1) is 6.20 Å². The summed E-state index contributed by atoms with van der Waals surface area (Å²) in [4.78, 5) is 14.6. The lowest BCUT2D eigenvalue weighted by molar-refractivity contribution is 0.0670. The van der Waals surface area contributed by atoms with Crippen molar-refractivity contribution >= 4 is 21.9 Å². The molecule has 0 bridgehead atoms. The number of aromatic nitrogens is 2. The lowest BCUT2D eigenvalue weighted by Crippen LogP contribution is -2.26. The maximum absolute atomic E-state index is 10.8. The zero-order valence-electron chi connectivity index (χ0n) is 7.71. The van der Waals surface area contributed by atoms with Gasteiger partial charge in [-0.1, -0.05) is 0 Å². The van der Waals surface area contributed by atoms with Crippen molar-refractivity contribution in [1.82, 2.24) is 9.55 Å². The number of carboxylic acids is 1. The number of carbonyl (C=O) groups is 1. The summed E-state index contributed by atoms with van der Waals surface area (Å²) in [6.45, 7) is 5.77. The molecule has 0 saturated carbocycles. The molecule has 4 nitrogen and oxygen atoms in total. The van der Waals surface area contributed by atoms with Crippen LogP contribution in [0.4, 0.5) is 0 Å². The molecule has 13 heavy (non-hydrogen) atoms. The Labute approximate surface area is 84.7 Å². The minimum absolute atomic E-state index is 0.0550.